The molecule has 2 aromatic rings. The number of diazo groups is 1. The second kappa shape index (κ2) is 4.97. The van der Waals surface area contributed by atoms with Crippen molar-refractivity contribution in [3.8, 4) is 0 Å². The molecular formula is C13H10N3O2+. The van der Waals surface area contributed by atoms with Crippen molar-refractivity contribution in [2.45, 2.75) is 0 Å². The zero-order valence-electron chi connectivity index (χ0n) is 9.37. The van der Waals surface area contributed by atoms with Gasteiger partial charge in [0.2, 0.25) is 5.39 Å². The van der Waals surface area contributed by atoms with Gasteiger partial charge in [-0.25, -0.2) is 4.79 Å². The maximum absolute atomic E-state index is 11.0. The number of para-hydroxylation sites is 1. The molecule has 2 N–H and O–H groups in total. The molecule has 0 spiro atoms. The first-order valence-corrected chi connectivity index (χ1v) is 5.25. The highest BCUT2D eigenvalue weighted by Crippen LogP contribution is 2.22. The van der Waals surface area contributed by atoms with Crippen molar-refractivity contribution in [3.63, 3.8) is 0 Å². The van der Waals surface area contributed by atoms with Gasteiger partial charge in [0, 0.05) is 17.8 Å². The van der Waals surface area contributed by atoms with Crippen LogP contribution in [-0.4, -0.2) is 11.1 Å². The largest absolute Gasteiger partial charge is 0.478 e. The van der Waals surface area contributed by atoms with Gasteiger partial charge in [0.25, 0.3) is 0 Å². The van der Waals surface area contributed by atoms with Crippen molar-refractivity contribution >= 4 is 23.0 Å². The van der Waals surface area contributed by atoms with Gasteiger partial charge in [-0.15, -0.1) is 0 Å². The van der Waals surface area contributed by atoms with E-state index in [1.54, 1.807) is 42.5 Å². The Morgan fingerprint density at radius 3 is 2.39 bits per heavy atom. The van der Waals surface area contributed by atoms with E-state index in [0.29, 0.717) is 11.4 Å². The van der Waals surface area contributed by atoms with E-state index >= 15 is 0 Å². The molecule has 0 radical (unpaired) electrons. The van der Waals surface area contributed by atoms with E-state index in [2.05, 4.69) is 10.3 Å². The van der Waals surface area contributed by atoms with Crippen molar-refractivity contribution in [1.29, 1.82) is 5.39 Å². The van der Waals surface area contributed by atoms with Crippen LogP contribution in [0.25, 0.3) is 4.98 Å². The fourth-order valence-electron chi connectivity index (χ4n) is 1.55. The van der Waals surface area contributed by atoms with Crippen molar-refractivity contribution in [2.24, 2.45) is 0 Å². The van der Waals surface area contributed by atoms with Gasteiger partial charge in [0.1, 0.15) is 0 Å². The molecule has 0 heterocycles. The zero-order valence-corrected chi connectivity index (χ0v) is 9.37. The molecule has 0 aliphatic carbocycles. The molecule has 0 saturated heterocycles. The maximum Gasteiger partial charge on any atom is 0.385 e. The summed E-state index contributed by atoms with van der Waals surface area (Å²) >= 11 is 0. The van der Waals surface area contributed by atoms with Gasteiger partial charge in [0.15, 0.2) is 4.98 Å². The molecule has 5 heteroatoms. The lowest BCUT2D eigenvalue weighted by Gasteiger charge is -2.08. The monoisotopic (exact) mass is 240 g/mol. The number of carbonyl (C=O) groups is 1. The topological polar surface area (TPSA) is 77.5 Å². The standard InChI is InChI=1S/C13H9N3O2/c14-16-10-7-5-9(6-8-10)15-12-4-2-1-3-11(12)13(17)18/h1-8,15H/p+1. The van der Waals surface area contributed by atoms with Gasteiger partial charge in [0.05, 0.1) is 11.3 Å². The first-order valence-electron chi connectivity index (χ1n) is 5.25. The molecule has 2 aromatic carbocycles. The van der Waals surface area contributed by atoms with Crippen LogP contribution >= 0.6 is 0 Å². The zero-order chi connectivity index (χ0) is 13.0. The molecule has 0 aliphatic heterocycles. The van der Waals surface area contributed by atoms with Crippen LogP contribution in [0.5, 0.6) is 0 Å². The Morgan fingerprint density at radius 1 is 1.11 bits per heavy atom. The third-order valence-electron chi connectivity index (χ3n) is 2.42. The predicted molar refractivity (Wildman–Crippen MR) is 67.9 cm³/mol. The molecule has 0 unspecified atom stereocenters. The number of hydrogen-bond acceptors (Lipinski definition) is 3. The minimum Gasteiger partial charge on any atom is -0.478 e. The average molecular weight is 240 g/mol. The van der Waals surface area contributed by atoms with E-state index in [-0.39, 0.29) is 5.56 Å². The summed E-state index contributed by atoms with van der Waals surface area (Å²) in [5.41, 5.74) is 1.87. The number of anilines is 2. The summed E-state index contributed by atoms with van der Waals surface area (Å²) in [6.07, 6.45) is 0. The van der Waals surface area contributed by atoms with Gasteiger partial charge in [-0.1, -0.05) is 12.1 Å². The smallest absolute Gasteiger partial charge is 0.385 e. The van der Waals surface area contributed by atoms with Crippen molar-refractivity contribution in [2.75, 3.05) is 5.32 Å². The summed E-state index contributed by atoms with van der Waals surface area (Å²) in [6.45, 7) is 0. The Labute approximate surface area is 103 Å². The fourth-order valence-corrected chi connectivity index (χ4v) is 1.55. The maximum atomic E-state index is 11.0. The lowest BCUT2D eigenvalue weighted by Crippen LogP contribution is -2.02. The first kappa shape index (κ1) is 11.6. The third-order valence-corrected chi connectivity index (χ3v) is 2.42. The molecule has 0 aromatic heterocycles. The molecule has 18 heavy (non-hydrogen) atoms. The van der Waals surface area contributed by atoms with E-state index in [1.807, 2.05) is 0 Å². The van der Waals surface area contributed by atoms with Crippen LogP contribution in [0.1, 0.15) is 10.4 Å². The summed E-state index contributed by atoms with van der Waals surface area (Å²) in [5.74, 6) is -0.986. The van der Waals surface area contributed by atoms with Crippen LogP contribution in [-0.2, 0) is 0 Å². The molecular weight excluding hydrogens is 230 g/mol. The predicted octanol–water partition coefficient (Wildman–Crippen LogP) is 3.61. The Balaban J connectivity index is 2.28. The van der Waals surface area contributed by atoms with E-state index in [0.717, 1.165) is 5.69 Å². The lowest BCUT2D eigenvalue weighted by molar-refractivity contribution is 0.0698. The molecule has 0 atom stereocenters. The number of carboxylic acids is 1. The van der Waals surface area contributed by atoms with E-state index < -0.39 is 5.97 Å². The third kappa shape index (κ3) is 2.44. The SMILES string of the molecule is N#[N+]c1ccc(Nc2ccccc2C(=O)O)cc1. The van der Waals surface area contributed by atoms with Crippen LogP contribution in [0, 0.1) is 5.39 Å². The number of hydrogen-bond donors (Lipinski definition) is 2. The quantitative estimate of drug-likeness (QED) is 0.803. The summed E-state index contributed by atoms with van der Waals surface area (Å²) in [5, 5.41) is 20.6. The Hall–Kier alpha value is -2.87. The summed E-state index contributed by atoms with van der Waals surface area (Å²) in [7, 11) is 0. The Kier molecular flexibility index (Phi) is 3.21. The lowest BCUT2D eigenvalue weighted by atomic mass is 10.1. The minimum absolute atomic E-state index is 0.202. The number of nitrogens with zero attached hydrogens (tertiary/aromatic N) is 2. The number of benzene rings is 2. The van der Waals surface area contributed by atoms with E-state index in [4.69, 9.17) is 10.5 Å². The summed E-state index contributed by atoms with van der Waals surface area (Å²) < 4.78 is 0. The van der Waals surface area contributed by atoms with Crippen molar-refractivity contribution in [3.05, 3.63) is 59.1 Å². The minimum atomic E-state index is -0.986. The second-order valence-electron chi connectivity index (χ2n) is 3.62. The van der Waals surface area contributed by atoms with Crippen LogP contribution in [0.3, 0.4) is 0 Å². The normalized spacial score (nSPS) is 9.50. The molecule has 2 rings (SSSR count). The number of aromatic carboxylic acids is 1. The number of nitrogens with one attached hydrogen (secondary N) is 1. The average Bonchev–Trinajstić information content (AvgIpc) is 2.40. The van der Waals surface area contributed by atoms with Gasteiger partial charge >= 0.3 is 11.7 Å². The molecule has 0 saturated carbocycles. The highest BCUT2D eigenvalue weighted by molar-refractivity contribution is 5.95. The van der Waals surface area contributed by atoms with Crippen LogP contribution in [0.2, 0.25) is 0 Å². The highest BCUT2D eigenvalue weighted by Gasteiger charge is 2.09. The Bertz CT molecular complexity index is 615. The Morgan fingerprint density at radius 2 is 1.78 bits per heavy atom. The molecule has 0 bridgehead atoms. The number of carboxylic acid groups (broad SMARTS) is 1. The van der Waals surface area contributed by atoms with E-state index in [9.17, 15) is 4.79 Å². The molecule has 0 amide bonds. The number of rotatable bonds is 3. The summed E-state index contributed by atoms with van der Waals surface area (Å²) in [4.78, 5) is 14.1. The highest BCUT2D eigenvalue weighted by atomic mass is 16.4. The van der Waals surface area contributed by atoms with Crippen LogP contribution in [0.4, 0.5) is 17.1 Å². The summed E-state index contributed by atoms with van der Waals surface area (Å²) in [6, 6.07) is 13.3. The molecule has 88 valence electrons. The van der Waals surface area contributed by atoms with Crippen LogP contribution in [0.15, 0.2) is 48.5 Å². The van der Waals surface area contributed by atoms with Gasteiger partial charge < -0.3 is 10.4 Å². The van der Waals surface area contributed by atoms with Gasteiger partial charge in [-0.2, -0.15) is 0 Å². The second-order valence-corrected chi connectivity index (χ2v) is 3.62. The van der Waals surface area contributed by atoms with E-state index in [1.165, 1.54) is 6.07 Å². The van der Waals surface area contributed by atoms with Crippen molar-refractivity contribution in [1.82, 2.24) is 0 Å². The molecule has 0 fully saturated rings. The van der Waals surface area contributed by atoms with Gasteiger partial charge in [-0.05, 0) is 24.3 Å². The van der Waals surface area contributed by atoms with Crippen molar-refractivity contribution < 1.29 is 9.90 Å². The molecule has 0 aliphatic rings. The first-order chi connectivity index (χ1) is 8.70. The fraction of sp³-hybridized carbons (Fsp3) is 0. The van der Waals surface area contributed by atoms with Gasteiger partial charge in [-0.3, -0.25) is 0 Å². The molecule has 5 nitrogen and oxygen atoms in total. The van der Waals surface area contributed by atoms with Crippen LogP contribution < -0.4 is 5.32 Å².